The van der Waals surface area contributed by atoms with Crippen LogP contribution in [0.3, 0.4) is 0 Å². The van der Waals surface area contributed by atoms with Gasteiger partial charge in [-0.25, -0.2) is 22.5 Å². The Labute approximate surface area is 114 Å². The van der Waals surface area contributed by atoms with Gasteiger partial charge in [0.25, 0.3) is 0 Å². The molecule has 0 aliphatic heterocycles. The van der Waals surface area contributed by atoms with Crippen LogP contribution < -0.4 is 4.72 Å². The van der Waals surface area contributed by atoms with Gasteiger partial charge in [-0.15, -0.1) is 0 Å². The van der Waals surface area contributed by atoms with E-state index in [1.54, 1.807) is 12.4 Å². The Balaban J connectivity index is 2.03. The topological polar surface area (TPSA) is 74.8 Å². The lowest BCUT2D eigenvalue weighted by atomic mass is 10.3. The highest BCUT2D eigenvalue weighted by Crippen LogP contribution is 2.19. The van der Waals surface area contributed by atoms with Crippen LogP contribution in [0.25, 0.3) is 0 Å². The van der Waals surface area contributed by atoms with Gasteiger partial charge in [-0.05, 0) is 18.2 Å². The molecule has 0 unspecified atom stereocenters. The van der Waals surface area contributed by atoms with Crippen molar-refractivity contribution in [3.05, 3.63) is 47.3 Å². The molecule has 0 aliphatic rings. The van der Waals surface area contributed by atoms with Gasteiger partial charge in [-0.1, -0.05) is 11.6 Å². The zero-order valence-electron chi connectivity index (χ0n) is 9.73. The van der Waals surface area contributed by atoms with Crippen LogP contribution in [0.1, 0.15) is 5.82 Å². The average molecular weight is 304 g/mol. The van der Waals surface area contributed by atoms with E-state index in [0.717, 1.165) is 18.2 Å². The molecule has 2 rings (SSSR count). The third-order valence-electron chi connectivity index (χ3n) is 2.41. The van der Waals surface area contributed by atoms with Crippen molar-refractivity contribution in [2.45, 2.75) is 11.3 Å². The molecular weight excluding hydrogens is 293 g/mol. The van der Waals surface area contributed by atoms with Gasteiger partial charge in [0.2, 0.25) is 10.0 Å². The summed E-state index contributed by atoms with van der Waals surface area (Å²) in [5.41, 5.74) is 0. The fourth-order valence-electron chi connectivity index (χ4n) is 1.47. The normalized spacial score (nSPS) is 11.7. The van der Waals surface area contributed by atoms with Crippen LogP contribution in [0.5, 0.6) is 0 Å². The zero-order chi connectivity index (χ0) is 13.9. The van der Waals surface area contributed by atoms with Crippen molar-refractivity contribution >= 4 is 21.6 Å². The van der Waals surface area contributed by atoms with Gasteiger partial charge in [0.1, 0.15) is 11.6 Å². The lowest BCUT2D eigenvalue weighted by Crippen LogP contribution is -2.26. The van der Waals surface area contributed by atoms with E-state index in [1.165, 1.54) is 0 Å². The number of benzene rings is 1. The molecule has 1 aromatic carbocycles. The summed E-state index contributed by atoms with van der Waals surface area (Å²) >= 11 is 5.55. The third-order valence-corrected chi connectivity index (χ3v) is 4.16. The second-order valence-electron chi connectivity index (χ2n) is 3.76. The van der Waals surface area contributed by atoms with Gasteiger partial charge in [0, 0.05) is 25.4 Å². The summed E-state index contributed by atoms with van der Waals surface area (Å²) in [5, 5.41) is -0.228. The summed E-state index contributed by atoms with van der Waals surface area (Å²) in [6, 6.07) is 3.26. The number of imidazole rings is 1. The number of nitrogens with zero attached hydrogens (tertiary/aromatic N) is 1. The third kappa shape index (κ3) is 3.52. The summed E-state index contributed by atoms with van der Waals surface area (Å²) in [6.07, 6.45) is 3.67. The number of H-pyrrole nitrogens is 1. The van der Waals surface area contributed by atoms with Gasteiger partial charge < -0.3 is 4.98 Å². The number of aromatic nitrogens is 2. The molecule has 0 spiro atoms. The van der Waals surface area contributed by atoms with Gasteiger partial charge in [0.05, 0.1) is 9.92 Å². The second-order valence-corrected chi connectivity index (χ2v) is 5.93. The Morgan fingerprint density at radius 2 is 2.21 bits per heavy atom. The quantitative estimate of drug-likeness (QED) is 0.883. The van der Waals surface area contributed by atoms with Crippen LogP contribution in [0.15, 0.2) is 35.5 Å². The fraction of sp³-hybridized carbons (Fsp3) is 0.182. The van der Waals surface area contributed by atoms with Gasteiger partial charge in [0.15, 0.2) is 0 Å². The van der Waals surface area contributed by atoms with Crippen LogP contribution in [-0.4, -0.2) is 24.9 Å². The Kier molecular flexibility index (Phi) is 4.18. The first-order valence-corrected chi connectivity index (χ1v) is 7.28. The minimum atomic E-state index is -3.70. The number of hydrogen-bond acceptors (Lipinski definition) is 3. The number of rotatable bonds is 5. The largest absolute Gasteiger partial charge is 0.349 e. The smallest absolute Gasteiger partial charge is 0.240 e. The SMILES string of the molecule is O=S(=O)(NCCc1ncc[nH]1)c1ccc(F)c(Cl)c1. The zero-order valence-corrected chi connectivity index (χ0v) is 11.3. The number of hydrogen-bond donors (Lipinski definition) is 2. The van der Waals surface area contributed by atoms with E-state index in [2.05, 4.69) is 14.7 Å². The highest BCUT2D eigenvalue weighted by molar-refractivity contribution is 7.89. The van der Waals surface area contributed by atoms with E-state index >= 15 is 0 Å². The molecule has 8 heteroatoms. The van der Waals surface area contributed by atoms with Gasteiger partial charge in [-0.3, -0.25) is 0 Å². The first-order chi connectivity index (χ1) is 8.99. The summed E-state index contributed by atoms with van der Waals surface area (Å²) in [4.78, 5) is 6.77. The van der Waals surface area contributed by atoms with E-state index in [0.29, 0.717) is 12.2 Å². The molecule has 0 saturated heterocycles. The monoisotopic (exact) mass is 303 g/mol. The van der Waals surface area contributed by atoms with E-state index in [1.807, 2.05) is 0 Å². The van der Waals surface area contributed by atoms with Crippen LogP contribution in [0, 0.1) is 5.82 Å². The van der Waals surface area contributed by atoms with E-state index in [9.17, 15) is 12.8 Å². The Hall–Kier alpha value is -1.44. The fourth-order valence-corrected chi connectivity index (χ4v) is 2.77. The predicted molar refractivity (Wildman–Crippen MR) is 68.9 cm³/mol. The molecule has 1 aromatic heterocycles. The van der Waals surface area contributed by atoms with Crippen molar-refractivity contribution in [3.8, 4) is 0 Å². The minimum absolute atomic E-state index is 0.0710. The molecule has 0 radical (unpaired) electrons. The molecule has 2 aromatic rings. The number of nitrogens with one attached hydrogen (secondary N) is 2. The van der Waals surface area contributed by atoms with Gasteiger partial charge in [-0.2, -0.15) is 0 Å². The number of halogens is 2. The highest BCUT2D eigenvalue weighted by Gasteiger charge is 2.15. The molecule has 0 atom stereocenters. The summed E-state index contributed by atoms with van der Waals surface area (Å²) in [7, 11) is -3.70. The molecular formula is C11H11ClFN3O2S. The van der Waals surface area contributed by atoms with Crippen LogP contribution >= 0.6 is 11.6 Å². The standard InChI is InChI=1S/C11H11ClFN3O2S/c12-9-7-8(1-2-10(9)13)19(17,18)16-4-3-11-14-5-6-15-11/h1-2,5-7,16H,3-4H2,(H,14,15). The number of sulfonamides is 1. The predicted octanol–water partition coefficient (Wildman–Crippen LogP) is 1.72. The summed E-state index contributed by atoms with van der Waals surface area (Å²) in [6.45, 7) is 0.185. The Bertz CT molecular complexity index is 659. The molecule has 2 N–H and O–H groups in total. The molecule has 0 aliphatic carbocycles. The minimum Gasteiger partial charge on any atom is -0.349 e. The lowest BCUT2D eigenvalue weighted by Gasteiger charge is -2.06. The first kappa shape index (κ1) is 14.0. The van der Waals surface area contributed by atoms with Crippen LogP contribution in [0.4, 0.5) is 4.39 Å². The maximum atomic E-state index is 13.0. The van der Waals surface area contributed by atoms with E-state index < -0.39 is 15.8 Å². The molecule has 5 nitrogen and oxygen atoms in total. The molecule has 0 amide bonds. The maximum Gasteiger partial charge on any atom is 0.240 e. The summed E-state index contributed by atoms with van der Waals surface area (Å²) < 4.78 is 39.2. The van der Waals surface area contributed by atoms with Gasteiger partial charge >= 0.3 is 0 Å². The molecule has 1 heterocycles. The van der Waals surface area contributed by atoms with Crippen molar-refractivity contribution in [2.24, 2.45) is 0 Å². The molecule has 0 bridgehead atoms. The van der Waals surface area contributed by atoms with Crippen molar-refractivity contribution in [1.82, 2.24) is 14.7 Å². The molecule has 0 fully saturated rings. The lowest BCUT2D eigenvalue weighted by molar-refractivity contribution is 0.580. The van der Waals surface area contributed by atoms with Crippen molar-refractivity contribution in [2.75, 3.05) is 6.54 Å². The van der Waals surface area contributed by atoms with Crippen molar-refractivity contribution in [1.29, 1.82) is 0 Å². The summed E-state index contributed by atoms with van der Waals surface area (Å²) in [5.74, 6) is 0.0241. The number of aromatic amines is 1. The van der Waals surface area contributed by atoms with E-state index in [4.69, 9.17) is 11.6 Å². The van der Waals surface area contributed by atoms with E-state index in [-0.39, 0.29) is 16.5 Å². The molecule has 0 saturated carbocycles. The van der Waals surface area contributed by atoms with Crippen LogP contribution in [-0.2, 0) is 16.4 Å². The van der Waals surface area contributed by atoms with Crippen molar-refractivity contribution in [3.63, 3.8) is 0 Å². The Morgan fingerprint density at radius 3 is 2.84 bits per heavy atom. The van der Waals surface area contributed by atoms with Crippen LogP contribution in [0.2, 0.25) is 5.02 Å². The highest BCUT2D eigenvalue weighted by atomic mass is 35.5. The Morgan fingerprint density at radius 1 is 1.42 bits per heavy atom. The average Bonchev–Trinajstić information content (AvgIpc) is 2.85. The second kappa shape index (κ2) is 5.68. The van der Waals surface area contributed by atoms with Crippen molar-refractivity contribution < 1.29 is 12.8 Å². The maximum absolute atomic E-state index is 13.0. The first-order valence-electron chi connectivity index (χ1n) is 5.42. The molecule has 19 heavy (non-hydrogen) atoms. The molecule has 102 valence electrons.